The Hall–Kier alpha value is -1.13. The lowest BCUT2D eigenvalue weighted by Crippen LogP contribution is -2.21. The molecule has 2 N–H and O–H groups in total. The van der Waals surface area contributed by atoms with Gasteiger partial charge in [0.15, 0.2) is 0 Å². The van der Waals surface area contributed by atoms with Gasteiger partial charge in [-0.1, -0.05) is 6.07 Å². The minimum absolute atomic E-state index is 0.0192. The van der Waals surface area contributed by atoms with Crippen LogP contribution in [0.1, 0.15) is 5.56 Å². The molecule has 1 rings (SSSR count). The second kappa shape index (κ2) is 4.79. The third-order valence-corrected chi connectivity index (χ3v) is 1.82. The number of nitrogens with two attached hydrogens (primary N) is 1. The molecular weight excluding hydrogens is 168 g/mol. The maximum Gasteiger partial charge on any atom is 0.250 e. The van der Waals surface area contributed by atoms with Crippen molar-refractivity contribution >= 4 is 0 Å². The lowest BCUT2D eigenvalue weighted by atomic mass is 10.3. The highest BCUT2D eigenvalue weighted by molar-refractivity contribution is 5.09. The Bertz CT molecular complexity index is 320. The molecule has 4 heteroatoms. The summed E-state index contributed by atoms with van der Waals surface area (Å²) in [5.41, 5.74) is 6.39. The van der Waals surface area contributed by atoms with E-state index in [1.54, 1.807) is 23.9 Å². The number of pyridine rings is 1. The first-order chi connectivity index (χ1) is 6.27. The molecule has 0 unspecified atom stereocenters. The summed E-state index contributed by atoms with van der Waals surface area (Å²) in [7, 11) is 1.61. The van der Waals surface area contributed by atoms with Crippen molar-refractivity contribution in [1.29, 1.82) is 0 Å². The van der Waals surface area contributed by atoms with Crippen molar-refractivity contribution in [3.63, 3.8) is 0 Å². The monoisotopic (exact) mass is 182 g/mol. The average molecular weight is 182 g/mol. The third kappa shape index (κ3) is 2.68. The number of hydrogen-bond acceptors (Lipinski definition) is 3. The number of hydrogen-bond donors (Lipinski definition) is 1. The molecule has 0 spiro atoms. The molecule has 0 fully saturated rings. The molecule has 0 radical (unpaired) electrons. The van der Waals surface area contributed by atoms with Gasteiger partial charge in [0, 0.05) is 32.5 Å². The molecule has 0 aliphatic heterocycles. The quantitative estimate of drug-likeness (QED) is 0.710. The van der Waals surface area contributed by atoms with E-state index in [4.69, 9.17) is 10.5 Å². The normalized spacial score (nSPS) is 10.3. The van der Waals surface area contributed by atoms with E-state index < -0.39 is 0 Å². The van der Waals surface area contributed by atoms with Crippen LogP contribution in [-0.4, -0.2) is 18.3 Å². The first kappa shape index (κ1) is 9.95. The number of rotatable bonds is 4. The standard InChI is InChI=1S/C9H14N2O2/c1-13-5-4-11-7-8(6-10)2-3-9(11)12/h2-3,7H,4-6,10H2,1H3. The topological polar surface area (TPSA) is 57.2 Å². The highest BCUT2D eigenvalue weighted by Gasteiger charge is 1.96. The predicted octanol–water partition coefficient (Wildman–Crippen LogP) is -0.0466. The zero-order valence-corrected chi connectivity index (χ0v) is 7.69. The van der Waals surface area contributed by atoms with Crippen LogP contribution >= 0.6 is 0 Å². The van der Waals surface area contributed by atoms with Crippen LogP contribution in [0.4, 0.5) is 0 Å². The molecule has 0 atom stereocenters. The molecule has 4 nitrogen and oxygen atoms in total. The molecule has 0 saturated carbocycles. The Labute approximate surface area is 76.9 Å². The van der Waals surface area contributed by atoms with E-state index in [9.17, 15) is 4.79 Å². The van der Waals surface area contributed by atoms with Crippen molar-refractivity contribution in [2.75, 3.05) is 13.7 Å². The van der Waals surface area contributed by atoms with E-state index in [-0.39, 0.29) is 5.56 Å². The highest BCUT2D eigenvalue weighted by Crippen LogP contribution is 1.93. The maximum absolute atomic E-state index is 11.3. The van der Waals surface area contributed by atoms with Crippen molar-refractivity contribution in [3.05, 3.63) is 34.2 Å². The number of nitrogens with zero attached hydrogens (tertiary/aromatic N) is 1. The van der Waals surface area contributed by atoms with Gasteiger partial charge in [-0.3, -0.25) is 4.79 Å². The maximum atomic E-state index is 11.3. The first-order valence-corrected chi connectivity index (χ1v) is 4.16. The van der Waals surface area contributed by atoms with Crippen LogP contribution in [0.3, 0.4) is 0 Å². The smallest absolute Gasteiger partial charge is 0.250 e. The number of ether oxygens (including phenoxy) is 1. The highest BCUT2D eigenvalue weighted by atomic mass is 16.5. The number of aromatic nitrogens is 1. The van der Waals surface area contributed by atoms with E-state index >= 15 is 0 Å². The van der Waals surface area contributed by atoms with E-state index in [1.807, 2.05) is 0 Å². The summed E-state index contributed by atoms with van der Waals surface area (Å²) in [6, 6.07) is 3.27. The van der Waals surface area contributed by atoms with Crippen molar-refractivity contribution in [2.24, 2.45) is 5.73 Å². The molecule has 0 aromatic carbocycles. The molecule has 1 heterocycles. The van der Waals surface area contributed by atoms with Crippen molar-refractivity contribution in [3.8, 4) is 0 Å². The van der Waals surface area contributed by atoms with Crippen molar-refractivity contribution in [1.82, 2.24) is 4.57 Å². The molecule has 0 aliphatic carbocycles. The fourth-order valence-electron chi connectivity index (χ4n) is 1.07. The summed E-state index contributed by atoms with van der Waals surface area (Å²) in [5, 5.41) is 0. The first-order valence-electron chi connectivity index (χ1n) is 4.16. The van der Waals surface area contributed by atoms with Gasteiger partial charge in [0.2, 0.25) is 0 Å². The molecule has 1 aromatic heterocycles. The molecule has 0 saturated heterocycles. The van der Waals surface area contributed by atoms with Gasteiger partial charge >= 0.3 is 0 Å². The van der Waals surface area contributed by atoms with Gasteiger partial charge < -0.3 is 15.0 Å². The minimum atomic E-state index is -0.0192. The third-order valence-electron chi connectivity index (χ3n) is 1.82. The molecule has 1 aromatic rings. The zero-order chi connectivity index (χ0) is 9.68. The van der Waals surface area contributed by atoms with Gasteiger partial charge in [-0.05, 0) is 5.56 Å². The Balaban J connectivity index is 2.84. The molecule has 0 bridgehead atoms. The van der Waals surface area contributed by atoms with Crippen molar-refractivity contribution < 1.29 is 4.74 Å². The van der Waals surface area contributed by atoms with Crippen LogP contribution in [0.15, 0.2) is 23.1 Å². The zero-order valence-electron chi connectivity index (χ0n) is 7.69. The minimum Gasteiger partial charge on any atom is -0.383 e. The lowest BCUT2D eigenvalue weighted by Gasteiger charge is -2.05. The van der Waals surface area contributed by atoms with E-state index in [0.29, 0.717) is 19.7 Å². The summed E-state index contributed by atoms with van der Waals surface area (Å²) >= 11 is 0. The van der Waals surface area contributed by atoms with Gasteiger partial charge in [0.1, 0.15) is 0 Å². The Morgan fingerprint density at radius 3 is 2.92 bits per heavy atom. The van der Waals surface area contributed by atoms with Crippen LogP contribution in [-0.2, 0) is 17.8 Å². The average Bonchev–Trinajstić information content (AvgIpc) is 2.17. The molecule has 0 amide bonds. The van der Waals surface area contributed by atoms with Crippen LogP contribution in [0, 0.1) is 0 Å². The van der Waals surface area contributed by atoms with Crippen LogP contribution in [0.2, 0.25) is 0 Å². The van der Waals surface area contributed by atoms with Gasteiger partial charge in [0.05, 0.1) is 6.61 Å². The van der Waals surface area contributed by atoms with Gasteiger partial charge in [-0.25, -0.2) is 0 Å². The summed E-state index contributed by atoms with van der Waals surface area (Å²) in [6.07, 6.45) is 1.77. The Kier molecular flexibility index (Phi) is 3.67. The summed E-state index contributed by atoms with van der Waals surface area (Å²) < 4.78 is 6.49. The van der Waals surface area contributed by atoms with Crippen LogP contribution in [0.5, 0.6) is 0 Å². The Morgan fingerprint density at radius 2 is 2.31 bits per heavy atom. The van der Waals surface area contributed by atoms with E-state index in [2.05, 4.69) is 0 Å². The summed E-state index contributed by atoms with van der Waals surface area (Å²) in [6.45, 7) is 1.56. The predicted molar refractivity (Wildman–Crippen MR) is 50.5 cm³/mol. The molecule has 13 heavy (non-hydrogen) atoms. The van der Waals surface area contributed by atoms with E-state index in [1.165, 1.54) is 6.07 Å². The summed E-state index contributed by atoms with van der Waals surface area (Å²) in [4.78, 5) is 11.3. The van der Waals surface area contributed by atoms with E-state index in [0.717, 1.165) is 5.56 Å². The van der Waals surface area contributed by atoms with Gasteiger partial charge in [-0.15, -0.1) is 0 Å². The van der Waals surface area contributed by atoms with Crippen LogP contribution in [0.25, 0.3) is 0 Å². The lowest BCUT2D eigenvalue weighted by molar-refractivity contribution is 0.186. The molecule has 72 valence electrons. The Morgan fingerprint density at radius 1 is 1.54 bits per heavy atom. The fraction of sp³-hybridized carbons (Fsp3) is 0.444. The fourth-order valence-corrected chi connectivity index (χ4v) is 1.07. The molecule has 0 aliphatic rings. The van der Waals surface area contributed by atoms with Crippen molar-refractivity contribution in [2.45, 2.75) is 13.1 Å². The second-order valence-electron chi connectivity index (χ2n) is 2.77. The molecular formula is C9H14N2O2. The van der Waals surface area contributed by atoms with Gasteiger partial charge in [0.25, 0.3) is 5.56 Å². The number of methoxy groups -OCH3 is 1. The second-order valence-corrected chi connectivity index (χ2v) is 2.77. The van der Waals surface area contributed by atoms with Crippen LogP contribution < -0.4 is 11.3 Å². The summed E-state index contributed by atoms with van der Waals surface area (Å²) in [5.74, 6) is 0. The largest absolute Gasteiger partial charge is 0.383 e. The SMILES string of the molecule is COCCn1cc(CN)ccc1=O. The van der Waals surface area contributed by atoms with Gasteiger partial charge in [-0.2, -0.15) is 0 Å².